The Morgan fingerprint density at radius 3 is 2.56 bits per heavy atom. The topological polar surface area (TPSA) is 36.4 Å². The number of aryl methyl sites for hydroxylation is 2. The maximum absolute atomic E-state index is 13.3. The summed E-state index contributed by atoms with van der Waals surface area (Å²) >= 11 is 5.07. The van der Waals surface area contributed by atoms with Gasteiger partial charge in [0.1, 0.15) is 0 Å². The molecule has 6 heteroatoms. The van der Waals surface area contributed by atoms with Crippen LogP contribution in [0.1, 0.15) is 27.9 Å². The molecule has 0 fully saturated rings. The molecule has 0 aliphatic rings. The maximum atomic E-state index is 13.3. The average molecular weight is 446 g/mol. The first-order chi connectivity index (χ1) is 12.8. The van der Waals surface area contributed by atoms with Gasteiger partial charge in [0, 0.05) is 16.6 Å². The van der Waals surface area contributed by atoms with Crippen LogP contribution in [0.2, 0.25) is 0 Å². The first kappa shape index (κ1) is 20.0. The summed E-state index contributed by atoms with van der Waals surface area (Å²) < 4.78 is 2.09. The van der Waals surface area contributed by atoms with Crippen LogP contribution in [0.3, 0.4) is 0 Å². The second kappa shape index (κ2) is 8.50. The second-order valence-electron chi connectivity index (χ2n) is 7.02. The molecule has 0 radical (unpaired) electrons. The predicted octanol–water partition coefficient (Wildman–Crippen LogP) is 5.27. The van der Waals surface area contributed by atoms with Crippen molar-refractivity contribution in [2.45, 2.75) is 20.3 Å². The minimum atomic E-state index is 0.00924. The van der Waals surface area contributed by atoms with Crippen LogP contribution >= 0.6 is 27.3 Å². The maximum Gasteiger partial charge on any atom is 0.260 e. The zero-order valence-electron chi connectivity index (χ0n) is 16.1. The molecule has 0 atom stereocenters. The lowest BCUT2D eigenvalue weighted by Crippen LogP contribution is -2.33. The van der Waals surface area contributed by atoms with Gasteiger partial charge in [0.25, 0.3) is 5.91 Å². The third kappa shape index (κ3) is 4.75. The van der Waals surface area contributed by atoms with Crippen LogP contribution in [0.25, 0.3) is 10.2 Å². The smallest absolute Gasteiger partial charge is 0.260 e. The molecule has 2 aromatic carbocycles. The van der Waals surface area contributed by atoms with E-state index < -0.39 is 0 Å². The number of hydrogen-bond acceptors (Lipinski definition) is 4. The fraction of sp³-hybridized carbons (Fsp3) is 0.333. The summed E-state index contributed by atoms with van der Waals surface area (Å²) in [6.07, 6.45) is 0.892. The van der Waals surface area contributed by atoms with E-state index in [0.29, 0.717) is 12.1 Å². The Labute approximate surface area is 172 Å². The van der Waals surface area contributed by atoms with Crippen molar-refractivity contribution in [2.75, 3.05) is 32.1 Å². The van der Waals surface area contributed by atoms with E-state index in [4.69, 9.17) is 4.98 Å². The lowest BCUT2D eigenvalue weighted by molar-refractivity contribution is 0.0986. The van der Waals surface area contributed by atoms with Gasteiger partial charge in [0.2, 0.25) is 0 Å². The van der Waals surface area contributed by atoms with Crippen molar-refractivity contribution < 1.29 is 4.79 Å². The first-order valence-electron chi connectivity index (χ1n) is 8.95. The highest BCUT2D eigenvalue weighted by Crippen LogP contribution is 2.32. The van der Waals surface area contributed by atoms with Crippen molar-refractivity contribution in [1.82, 2.24) is 9.88 Å². The lowest BCUT2D eigenvalue weighted by atomic mass is 10.1. The van der Waals surface area contributed by atoms with Crippen molar-refractivity contribution in [3.8, 4) is 0 Å². The fourth-order valence-electron chi connectivity index (χ4n) is 2.86. The van der Waals surface area contributed by atoms with E-state index in [1.165, 1.54) is 5.56 Å². The predicted molar refractivity (Wildman–Crippen MR) is 118 cm³/mol. The van der Waals surface area contributed by atoms with E-state index >= 15 is 0 Å². The summed E-state index contributed by atoms with van der Waals surface area (Å²) in [5.74, 6) is 0.00924. The number of carbonyl (C=O) groups is 1. The molecule has 4 nitrogen and oxygen atoms in total. The van der Waals surface area contributed by atoms with Crippen molar-refractivity contribution in [1.29, 1.82) is 0 Å². The summed E-state index contributed by atoms with van der Waals surface area (Å²) in [5, 5.41) is 0.755. The van der Waals surface area contributed by atoms with E-state index in [0.717, 1.165) is 38.3 Å². The minimum absolute atomic E-state index is 0.00924. The summed E-state index contributed by atoms with van der Waals surface area (Å²) in [6.45, 7) is 5.67. The van der Waals surface area contributed by atoms with Gasteiger partial charge in [-0.25, -0.2) is 4.98 Å². The molecule has 1 amide bonds. The van der Waals surface area contributed by atoms with Crippen molar-refractivity contribution in [3.63, 3.8) is 0 Å². The van der Waals surface area contributed by atoms with Gasteiger partial charge in [0.05, 0.1) is 10.2 Å². The van der Waals surface area contributed by atoms with Gasteiger partial charge < -0.3 is 4.90 Å². The zero-order chi connectivity index (χ0) is 19.6. The number of hydrogen-bond donors (Lipinski definition) is 0. The number of halogens is 1. The Balaban J connectivity index is 1.95. The molecule has 142 valence electrons. The molecule has 0 saturated carbocycles. The summed E-state index contributed by atoms with van der Waals surface area (Å²) in [6, 6.07) is 11.9. The molecule has 0 aliphatic heterocycles. The SMILES string of the molecule is Cc1ccc(C(=O)N(CCCN(C)C)c2nc3ccc(Br)cc3s2)cc1C. The molecule has 0 aliphatic carbocycles. The number of thiazole rings is 1. The minimum Gasteiger partial charge on any atom is -0.309 e. The van der Waals surface area contributed by atoms with Crippen LogP contribution in [-0.4, -0.2) is 43.0 Å². The number of aromatic nitrogens is 1. The normalized spacial score (nSPS) is 11.3. The van der Waals surface area contributed by atoms with E-state index in [9.17, 15) is 4.79 Å². The van der Waals surface area contributed by atoms with Gasteiger partial charge in [-0.3, -0.25) is 9.69 Å². The number of anilines is 1. The van der Waals surface area contributed by atoms with Crippen molar-refractivity contribution >= 4 is 48.5 Å². The van der Waals surface area contributed by atoms with Gasteiger partial charge in [-0.05, 0) is 82.4 Å². The zero-order valence-corrected chi connectivity index (χ0v) is 18.5. The monoisotopic (exact) mass is 445 g/mol. The molecule has 0 N–H and O–H groups in total. The number of fused-ring (bicyclic) bond motifs is 1. The molecule has 3 aromatic rings. The van der Waals surface area contributed by atoms with Gasteiger partial charge >= 0.3 is 0 Å². The molecule has 1 aromatic heterocycles. The van der Waals surface area contributed by atoms with Crippen LogP contribution in [0.5, 0.6) is 0 Å². The molecule has 0 saturated heterocycles. The first-order valence-corrected chi connectivity index (χ1v) is 10.6. The van der Waals surface area contributed by atoms with E-state index in [1.54, 1.807) is 11.3 Å². The second-order valence-corrected chi connectivity index (χ2v) is 8.95. The van der Waals surface area contributed by atoms with Gasteiger partial charge in [0.15, 0.2) is 5.13 Å². The van der Waals surface area contributed by atoms with Crippen LogP contribution in [0, 0.1) is 13.8 Å². The Hall–Kier alpha value is -1.76. The summed E-state index contributed by atoms with van der Waals surface area (Å²) in [5.41, 5.74) is 3.95. The van der Waals surface area contributed by atoms with Gasteiger partial charge in [-0.1, -0.05) is 33.3 Å². The standard InChI is InChI=1S/C21H24BrN3OS/c1-14-6-7-16(12-15(14)2)20(26)25(11-5-10-24(3)4)21-23-18-9-8-17(22)13-19(18)27-21/h6-9,12-13H,5,10-11H2,1-4H3. The van der Waals surface area contributed by atoms with E-state index in [-0.39, 0.29) is 5.91 Å². The molecular weight excluding hydrogens is 422 g/mol. The van der Waals surface area contributed by atoms with Crippen LogP contribution in [0.15, 0.2) is 40.9 Å². The van der Waals surface area contributed by atoms with Gasteiger partial charge in [-0.15, -0.1) is 0 Å². The summed E-state index contributed by atoms with van der Waals surface area (Å²) in [7, 11) is 4.09. The van der Waals surface area contributed by atoms with E-state index in [1.807, 2.05) is 56.3 Å². The molecular formula is C21H24BrN3OS. The number of rotatable bonds is 6. The number of benzene rings is 2. The van der Waals surface area contributed by atoms with Crippen molar-refractivity contribution in [2.24, 2.45) is 0 Å². The third-order valence-corrected chi connectivity index (χ3v) is 6.09. The molecule has 3 rings (SSSR count). The largest absolute Gasteiger partial charge is 0.309 e. The Morgan fingerprint density at radius 1 is 1.07 bits per heavy atom. The van der Waals surface area contributed by atoms with Crippen LogP contribution < -0.4 is 4.90 Å². The number of carbonyl (C=O) groups excluding carboxylic acids is 1. The highest BCUT2D eigenvalue weighted by molar-refractivity contribution is 9.10. The third-order valence-electron chi connectivity index (χ3n) is 4.56. The highest BCUT2D eigenvalue weighted by Gasteiger charge is 2.21. The number of nitrogens with zero attached hydrogens (tertiary/aromatic N) is 3. The molecule has 27 heavy (non-hydrogen) atoms. The summed E-state index contributed by atoms with van der Waals surface area (Å²) in [4.78, 5) is 22.0. The van der Waals surface area contributed by atoms with Crippen molar-refractivity contribution in [3.05, 3.63) is 57.6 Å². The fourth-order valence-corrected chi connectivity index (χ4v) is 4.40. The Morgan fingerprint density at radius 2 is 1.85 bits per heavy atom. The van der Waals surface area contributed by atoms with Crippen LogP contribution in [-0.2, 0) is 0 Å². The van der Waals surface area contributed by atoms with E-state index in [2.05, 4.69) is 33.8 Å². The molecule has 0 unspecified atom stereocenters. The lowest BCUT2D eigenvalue weighted by Gasteiger charge is -2.21. The molecule has 0 bridgehead atoms. The Bertz CT molecular complexity index is 967. The highest BCUT2D eigenvalue weighted by atomic mass is 79.9. The number of amides is 1. The quantitative estimate of drug-likeness (QED) is 0.517. The average Bonchev–Trinajstić information content (AvgIpc) is 3.03. The molecule has 1 heterocycles. The van der Waals surface area contributed by atoms with Gasteiger partial charge in [-0.2, -0.15) is 0 Å². The molecule has 0 spiro atoms. The van der Waals surface area contributed by atoms with Crippen LogP contribution in [0.4, 0.5) is 5.13 Å². The Kier molecular flexibility index (Phi) is 6.29.